The lowest BCUT2D eigenvalue weighted by Crippen LogP contribution is -2.44. The quantitative estimate of drug-likeness (QED) is 0.591. The molecule has 3 N–H and O–H groups in total. The molecular weight excluding hydrogens is 371 g/mol. The normalized spacial score (nSPS) is 14.0. The van der Waals surface area contributed by atoms with Crippen LogP contribution in [0.5, 0.6) is 0 Å². The average molecular weight is 392 g/mol. The van der Waals surface area contributed by atoms with Crippen molar-refractivity contribution in [1.82, 2.24) is 5.32 Å². The number of carbonyl (C=O) groups is 2. The SMILES string of the molecule is Cc1ccc(C(=O)NC(COP(=O)(O)N(C)c2ccccc2)C(=O)O)cc1. The zero-order valence-electron chi connectivity index (χ0n) is 14.9. The number of para-hydroxylation sites is 1. The standard InChI is InChI=1S/C18H21N2O6P/c1-13-8-10-14(11-9-13)17(21)19-16(18(22)23)12-26-27(24,25)20(2)15-6-4-3-5-7-15/h3-11,16H,12H2,1-2H3,(H,19,21)(H,22,23)(H,24,25). The molecule has 144 valence electrons. The molecule has 0 aliphatic rings. The summed E-state index contributed by atoms with van der Waals surface area (Å²) in [6, 6.07) is 13.4. The Balaban J connectivity index is 2.03. The van der Waals surface area contributed by atoms with Gasteiger partial charge < -0.3 is 15.3 Å². The monoisotopic (exact) mass is 392 g/mol. The molecule has 0 spiro atoms. The summed E-state index contributed by atoms with van der Waals surface area (Å²) in [6.07, 6.45) is 0. The summed E-state index contributed by atoms with van der Waals surface area (Å²) in [5, 5.41) is 11.6. The van der Waals surface area contributed by atoms with Crippen molar-refractivity contribution >= 4 is 25.3 Å². The molecule has 27 heavy (non-hydrogen) atoms. The molecule has 2 aromatic carbocycles. The van der Waals surface area contributed by atoms with Gasteiger partial charge in [0, 0.05) is 18.3 Å². The predicted molar refractivity (Wildman–Crippen MR) is 101 cm³/mol. The van der Waals surface area contributed by atoms with E-state index in [1.54, 1.807) is 54.6 Å². The summed E-state index contributed by atoms with van der Waals surface area (Å²) in [6.45, 7) is 1.19. The second kappa shape index (κ2) is 8.81. The first-order valence-corrected chi connectivity index (χ1v) is 9.60. The first-order chi connectivity index (χ1) is 12.7. The largest absolute Gasteiger partial charge is 0.480 e. The smallest absolute Gasteiger partial charge is 0.432 e. The third-order valence-corrected chi connectivity index (χ3v) is 5.31. The number of amides is 1. The van der Waals surface area contributed by atoms with Gasteiger partial charge >= 0.3 is 13.7 Å². The van der Waals surface area contributed by atoms with E-state index in [9.17, 15) is 24.2 Å². The zero-order chi connectivity index (χ0) is 20.0. The first kappa shape index (κ1) is 20.6. The minimum Gasteiger partial charge on any atom is -0.480 e. The Labute approximate surface area is 157 Å². The van der Waals surface area contributed by atoms with Crippen molar-refractivity contribution in [1.29, 1.82) is 0 Å². The van der Waals surface area contributed by atoms with Gasteiger partial charge in [-0.25, -0.2) is 9.36 Å². The van der Waals surface area contributed by atoms with Gasteiger partial charge in [-0.3, -0.25) is 14.0 Å². The fourth-order valence-electron chi connectivity index (χ4n) is 2.17. The molecule has 0 heterocycles. The van der Waals surface area contributed by atoms with E-state index in [4.69, 9.17) is 4.52 Å². The number of hydrogen-bond acceptors (Lipinski definition) is 4. The molecule has 0 aliphatic carbocycles. The van der Waals surface area contributed by atoms with E-state index in [0.29, 0.717) is 5.69 Å². The van der Waals surface area contributed by atoms with Gasteiger partial charge in [0.15, 0.2) is 6.04 Å². The van der Waals surface area contributed by atoms with Crippen LogP contribution in [0.4, 0.5) is 5.69 Å². The van der Waals surface area contributed by atoms with Crippen LogP contribution in [-0.4, -0.2) is 41.6 Å². The van der Waals surface area contributed by atoms with Crippen LogP contribution in [0.3, 0.4) is 0 Å². The highest BCUT2D eigenvalue weighted by Crippen LogP contribution is 2.47. The first-order valence-electron chi connectivity index (χ1n) is 8.07. The van der Waals surface area contributed by atoms with Crippen molar-refractivity contribution in [3.05, 3.63) is 65.7 Å². The van der Waals surface area contributed by atoms with Crippen LogP contribution in [0.25, 0.3) is 0 Å². The van der Waals surface area contributed by atoms with Crippen molar-refractivity contribution in [2.45, 2.75) is 13.0 Å². The molecule has 0 bridgehead atoms. The van der Waals surface area contributed by atoms with Gasteiger partial charge in [-0.05, 0) is 31.2 Å². The van der Waals surface area contributed by atoms with Gasteiger partial charge in [0.25, 0.3) is 5.91 Å². The molecule has 1 amide bonds. The number of rotatable bonds is 8. The minimum absolute atomic E-state index is 0.278. The van der Waals surface area contributed by atoms with Crippen LogP contribution in [-0.2, 0) is 13.9 Å². The van der Waals surface area contributed by atoms with E-state index in [2.05, 4.69) is 5.32 Å². The second-order valence-electron chi connectivity index (χ2n) is 5.88. The number of aryl methyl sites for hydroxylation is 1. The fraction of sp³-hybridized carbons (Fsp3) is 0.222. The van der Waals surface area contributed by atoms with Gasteiger partial charge in [-0.2, -0.15) is 0 Å². The molecule has 0 aliphatic heterocycles. The van der Waals surface area contributed by atoms with Crippen molar-refractivity contribution in [3.8, 4) is 0 Å². The number of benzene rings is 2. The molecule has 9 heteroatoms. The summed E-state index contributed by atoms with van der Waals surface area (Å²) >= 11 is 0. The number of aliphatic carboxylic acids is 1. The van der Waals surface area contributed by atoms with E-state index in [1.165, 1.54) is 7.05 Å². The van der Waals surface area contributed by atoms with E-state index >= 15 is 0 Å². The average Bonchev–Trinajstić information content (AvgIpc) is 2.65. The number of nitrogens with zero attached hydrogens (tertiary/aromatic N) is 1. The maximum atomic E-state index is 12.4. The fourth-order valence-corrected chi connectivity index (χ4v) is 3.11. The number of carboxylic acids is 1. The Hall–Kier alpha value is -2.67. The summed E-state index contributed by atoms with van der Waals surface area (Å²) < 4.78 is 18.4. The van der Waals surface area contributed by atoms with Crippen molar-refractivity contribution in [3.63, 3.8) is 0 Å². The Morgan fingerprint density at radius 2 is 1.74 bits per heavy atom. The third-order valence-electron chi connectivity index (χ3n) is 3.84. The van der Waals surface area contributed by atoms with Gasteiger partial charge in [0.2, 0.25) is 0 Å². The Morgan fingerprint density at radius 1 is 1.15 bits per heavy atom. The van der Waals surface area contributed by atoms with Crippen molar-refractivity contribution < 1.29 is 28.7 Å². The van der Waals surface area contributed by atoms with Crippen LogP contribution in [0, 0.1) is 6.92 Å². The molecule has 2 atom stereocenters. The van der Waals surface area contributed by atoms with E-state index < -0.39 is 32.3 Å². The molecule has 0 aromatic heterocycles. The second-order valence-corrected chi connectivity index (χ2v) is 7.72. The maximum absolute atomic E-state index is 12.4. The molecule has 0 saturated carbocycles. The number of anilines is 1. The highest BCUT2D eigenvalue weighted by atomic mass is 31.2. The van der Waals surface area contributed by atoms with Crippen molar-refractivity contribution in [2.75, 3.05) is 18.3 Å². The topological polar surface area (TPSA) is 116 Å². The molecule has 8 nitrogen and oxygen atoms in total. The molecule has 0 radical (unpaired) electrons. The van der Waals surface area contributed by atoms with E-state index in [0.717, 1.165) is 10.2 Å². The lowest BCUT2D eigenvalue weighted by atomic mass is 10.1. The highest BCUT2D eigenvalue weighted by molar-refractivity contribution is 7.54. The van der Waals surface area contributed by atoms with Gasteiger partial charge in [-0.15, -0.1) is 0 Å². The lowest BCUT2D eigenvalue weighted by molar-refractivity contribution is -0.140. The van der Waals surface area contributed by atoms with Crippen LogP contribution < -0.4 is 9.99 Å². The van der Waals surface area contributed by atoms with E-state index in [-0.39, 0.29) is 5.56 Å². The molecule has 2 unspecified atom stereocenters. The number of carbonyl (C=O) groups excluding carboxylic acids is 1. The van der Waals surface area contributed by atoms with Gasteiger partial charge in [0.1, 0.15) is 0 Å². The molecule has 0 fully saturated rings. The van der Waals surface area contributed by atoms with Crippen LogP contribution in [0.15, 0.2) is 54.6 Å². The Kier molecular flexibility index (Phi) is 6.74. The minimum atomic E-state index is -4.30. The van der Waals surface area contributed by atoms with Gasteiger partial charge in [0.05, 0.1) is 6.61 Å². The maximum Gasteiger partial charge on any atom is 0.432 e. The Bertz CT molecular complexity index is 841. The van der Waals surface area contributed by atoms with Crippen LogP contribution in [0.2, 0.25) is 0 Å². The molecular formula is C18H21N2O6P. The van der Waals surface area contributed by atoms with Crippen molar-refractivity contribution in [2.24, 2.45) is 0 Å². The van der Waals surface area contributed by atoms with E-state index in [1.807, 2.05) is 6.92 Å². The highest BCUT2D eigenvalue weighted by Gasteiger charge is 2.30. The van der Waals surface area contributed by atoms with Crippen LogP contribution >= 0.6 is 7.75 Å². The zero-order valence-corrected chi connectivity index (χ0v) is 15.8. The number of hydrogen-bond donors (Lipinski definition) is 3. The van der Waals surface area contributed by atoms with Crippen LogP contribution in [0.1, 0.15) is 15.9 Å². The molecule has 2 rings (SSSR count). The predicted octanol–water partition coefficient (Wildman–Crippen LogP) is 2.43. The summed E-state index contributed by atoms with van der Waals surface area (Å²) in [5.41, 5.74) is 1.66. The molecule has 2 aromatic rings. The third kappa shape index (κ3) is 5.65. The Morgan fingerprint density at radius 3 is 2.30 bits per heavy atom. The summed E-state index contributed by atoms with van der Waals surface area (Å²) in [4.78, 5) is 33.7. The number of carboxylic acid groups (broad SMARTS) is 1. The molecule has 0 saturated heterocycles. The number of nitrogens with one attached hydrogen (secondary N) is 1. The van der Waals surface area contributed by atoms with Gasteiger partial charge in [-0.1, -0.05) is 35.9 Å². The summed E-state index contributed by atoms with van der Waals surface area (Å²) in [5.74, 6) is -1.99. The summed E-state index contributed by atoms with van der Waals surface area (Å²) in [7, 11) is -2.94. The lowest BCUT2D eigenvalue weighted by Gasteiger charge is -2.25.